The van der Waals surface area contributed by atoms with Crippen molar-refractivity contribution in [3.8, 4) is 0 Å². The normalized spacial score (nSPS) is 29.7. The Kier molecular flexibility index (Phi) is 2.95. The summed E-state index contributed by atoms with van der Waals surface area (Å²) in [5, 5.41) is 0. The van der Waals surface area contributed by atoms with Gasteiger partial charge in [-0.2, -0.15) is 0 Å². The first-order valence-corrected chi connectivity index (χ1v) is 5.42. The molecule has 2 rings (SSSR count). The summed E-state index contributed by atoms with van der Waals surface area (Å²) >= 11 is 0. The molecule has 2 aliphatic heterocycles. The first kappa shape index (κ1) is 10.9. The van der Waals surface area contributed by atoms with Crippen LogP contribution in [0.25, 0.3) is 0 Å². The van der Waals surface area contributed by atoms with Gasteiger partial charge in [0.1, 0.15) is 0 Å². The van der Waals surface area contributed by atoms with E-state index < -0.39 is 5.79 Å². The average Bonchev–Trinajstić information content (AvgIpc) is 2.62. The SMILES string of the molecule is CC(=O)N1CCC2(CC1)OCC(CN)O2. The van der Waals surface area contributed by atoms with Gasteiger partial charge in [0.05, 0.1) is 12.7 Å². The Bertz CT molecular complexity index is 249. The third-order valence-electron chi connectivity index (χ3n) is 3.15. The summed E-state index contributed by atoms with van der Waals surface area (Å²) in [6, 6.07) is 0. The van der Waals surface area contributed by atoms with Crippen LogP contribution in [-0.4, -0.2) is 48.9 Å². The summed E-state index contributed by atoms with van der Waals surface area (Å²) in [5.41, 5.74) is 5.53. The lowest BCUT2D eigenvalue weighted by atomic mass is 10.0. The van der Waals surface area contributed by atoms with E-state index in [2.05, 4.69) is 0 Å². The second-order valence-corrected chi connectivity index (χ2v) is 4.20. The molecule has 0 aliphatic carbocycles. The lowest BCUT2D eigenvalue weighted by Crippen LogP contribution is -2.47. The monoisotopic (exact) mass is 214 g/mol. The second kappa shape index (κ2) is 4.08. The van der Waals surface area contributed by atoms with Gasteiger partial charge in [-0.05, 0) is 0 Å². The van der Waals surface area contributed by atoms with Gasteiger partial charge in [-0.15, -0.1) is 0 Å². The minimum atomic E-state index is -0.462. The van der Waals surface area contributed by atoms with Gasteiger partial charge < -0.3 is 20.1 Å². The first-order valence-electron chi connectivity index (χ1n) is 5.42. The molecule has 0 bridgehead atoms. The zero-order valence-electron chi connectivity index (χ0n) is 9.07. The highest BCUT2D eigenvalue weighted by Crippen LogP contribution is 2.33. The number of nitrogens with zero attached hydrogens (tertiary/aromatic N) is 1. The van der Waals surface area contributed by atoms with Gasteiger partial charge in [0.25, 0.3) is 0 Å². The van der Waals surface area contributed by atoms with Crippen molar-refractivity contribution in [3.05, 3.63) is 0 Å². The van der Waals surface area contributed by atoms with E-state index in [9.17, 15) is 4.79 Å². The van der Waals surface area contributed by atoms with Gasteiger partial charge in [-0.1, -0.05) is 0 Å². The number of hydrogen-bond acceptors (Lipinski definition) is 4. The Hall–Kier alpha value is -0.650. The average molecular weight is 214 g/mol. The predicted molar refractivity (Wildman–Crippen MR) is 54.1 cm³/mol. The first-order chi connectivity index (χ1) is 7.15. The highest BCUT2D eigenvalue weighted by Gasteiger charge is 2.43. The lowest BCUT2D eigenvalue weighted by molar-refractivity contribution is -0.194. The molecule has 1 spiro atoms. The Morgan fingerprint density at radius 3 is 2.67 bits per heavy atom. The van der Waals surface area contributed by atoms with E-state index in [1.54, 1.807) is 6.92 Å². The van der Waals surface area contributed by atoms with E-state index in [4.69, 9.17) is 15.2 Å². The fourth-order valence-corrected chi connectivity index (χ4v) is 2.16. The van der Waals surface area contributed by atoms with Crippen molar-refractivity contribution in [2.45, 2.75) is 31.7 Å². The maximum Gasteiger partial charge on any atom is 0.219 e. The molecule has 0 aromatic carbocycles. The van der Waals surface area contributed by atoms with Crippen molar-refractivity contribution >= 4 is 5.91 Å². The highest BCUT2D eigenvalue weighted by molar-refractivity contribution is 5.73. The summed E-state index contributed by atoms with van der Waals surface area (Å²) in [6.07, 6.45) is 1.53. The minimum Gasteiger partial charge on any atom is -0.347 e. The van der Waals surface area contributed by atoms with Gasteiger partial charge >= 0.3 is 0 Å². The fraction of sp³-hybridized carbons (Fsp3) is 0.900. The van der Waals surface area contributed by atoms with E-state index in [1.165, 1.54) is 0 Å². The topological polar surface area (TPSA) is 64.8 Å². The third kappa shape index (κ3) is 2.14. The number of amides is 1. The van der Waals surface area contributed by atoms with Crippen LogP contribution in [0.3, 0.4) is 0 Å². The van der Waals surface area contributed by atoms with Crippen LogP contribution in [0.2, 0.25) is 0 Å². The van der Waals surface area contributed by atoms with Crippen molar-refractivity contribution in [1.82, 2.24) is 4.90 Å². The predicted octanol–water partition coefficient (Wildman–Crippen LogP) is -0.301. The van der Waals surface area contributed by atoms with Gasteiger partial charge in [0.2, 0.25) is 5.91 Å². The van der Waals surface area contributed by atoms with Crippen LogP contribution in [0.1, 0.15) is 19.8 Å². The van der Waals surface area contributed by atoms with Gasteiger partial charge in [0, 0.05) is 39.4 Å². The molecule has 2 fully saturated rings. The van der Waals surface area contributed by atoms with Crippen LogP contribution >= 0.6 is 0 Å². The molecule has 2 N–H and O–H groups in total. The Labute approximate surface area is 89.5 Å². The van der Waals surface area contributed by atoms with Crippen LogP contribution in [0.15, 0.2) is 0 Å². The molecule has 1 atom stereocenters. The molecule has 0 radical (unpaired) electrons. The quantitative estimate of drug-likeness (QED) is 0.651. The van der Waals surface area contributed by atoms with Crippen molar-refractivity contribution < 1.29 is 14.3 Å². The molecule has 2 saturated heterocycles. The number of nitrogens with two attached hydrogens (primary N) is 1. The number of carbonyl (C=O) groups excluding carboxylic acids is 1. The maximum atomic E-state index is 11.1. The summed E-state index contributed by atoms with van der Waals surface area (Å²) < 4.78 is 11.5. The van der Waals surface area contributed by atoms with Crippen LogP contribution in [-0.2, 0) is 14.3 Å². The van der Waals surface area contributed by atoms with E-state index in [-0.39, 0.29) is 12.0 Å². The molecular formula is C10H18N2O3. The van der Waals surface area contributed by atoms with Crippen LogP contribution in [0, 0.1) is 0 Å². The third-order valence-corrected chi connectivity index (χ3v) is 3.15. The van der Waals surface area contributed by atoms with Gasteiger partial charge in [-0.3, -0.25) is 4.79 Å². The van der Waals surface area contributed by atoms with Crippen LogP contribution in [0.5, 0.6) is 0 Å². The summed E-state index contributed by atoms with van der Waals surface area (Å²) in [4.78, 5) is 13.0. The maximum absolute atomic E-state index is 11.1. The Balaban J connectivity index is 1.90. The van der Waals surface area contributed by atoms with Crippen LogP contribution in [0.4, 0.5) is 0 Å². The van der Waals surface area contributed by atoms with Crippen molar-refractivity contribution in [2.24, 2.45) is 5.73 Å². The smallest absolute Gasteiger partial charge is 0.219 e. The fourth-order valence-electron chi connectivity index (χ4n) is 2.16. The molecule has 2 heterocycles. The van der Waals surface area contributed by atoms with Gasteiger partial charge in [-0.25, -0.2) is 0 Å². The number of ether oxygens (including phenoxy) is 2. The molecular weight excluding hydrogens is 196 g/mol. The Morgan fingerprint density at radius 2 is 2.20 bits per heavy atom. The number of hydrogen-bond donors (Lipinski definition) is 1. The molecule has 1 amide bonds. The minimum absolute atomic E-state index is 0.0221. The zero-order chi connectivity index (χ0) is 10.9. The molecule has 2 aliphatic rings. The van der Waals surface area contributed by atoms with Gasteiger partial charge in [0.15, 0.2) is 5.79 Å². The second-order valence-electron chi connectivity index (χ2n) is 4.20. The standard InChI is InChI=1S/C10H18N2O3/c1-8(13)12-4-2-10(3-5-12)14-7-9(6-11)15-10/h9H,2-7,11H2,1H3. The van der Waals surface area contributed by atoms with Crippen LogP contribution < -0.4 is 5.73 Å². The molecule has 0 aromatic rings. The van der Waals surface area contributed by atoms with E-state index in [1.807, 2.05) is 4.90 Å². The summed E-state index contributed by atoms with van der Waals surface area (Å²) in [6.45, 7) is 4.10. The number of rotatable bonds is 1. The number of piperidine rings is 1. The van der Waals surface area contributed by atoms with E-state index in [0.717, 1.165) is 12.8 Å². The summed E-state index contributed by atoms with van der Waals surface area (Å²) in [5.74, 6) is -0.339. The molecule has 5 nitrogen and oxygen atoms in total. The number of likely N-dealkylation sites (tertiary alicyclic amines) is 1. The Morgan fingerprint density at radius 1 is 1.53 bits per heavy atom. The van der Waals surface area contributed by atoms with Crippen molar-refractivity contribution in [3.63, 3.8) is 0 Å². The lowest BCUT2D eigenvalue weighted by Gasteiger charge is -2.37. The summed E-state index contributed by atoms with van der Waals surface area (Å²) in [7, 11) is 0. The van der Waals surface area contributed by atoms with Crippen molar-refractivity contribution in [1.29, 1.82) is 0 Å². The van der Waals surface area contributed by atoms with E-state index >= 15 is 0 Å². The number of carbonyl (C=O) groups is 1. The molecule has 0 aromatic heterocycles. The molecule has 86 valence electrons. The largest absolute Gasteiger partial charge is 0.347 e. The highest BCUT2D eigenvalue weighted by atomic mass is 16.7. The molecule has 15 heavy (non-hydrogen) atoms. The molecule has 1 unspecified atom stereocenters. The zero-order valence-corrected chi connectivity index (χ0v) is 9.07. The van der Waals surface area contributed by atoms with E-state index in [0.29, 0.717) is 26.2 Å². The molecule has 5 heteroatoms. The molecule has 0 saturated carbocycles. The van der Waals surface area contributed by atoms with Crippen molar-refractivity contribution in [2.75, 3.05) is 26.2 Å².